The molecule has 2 atom stereocenters. The van der Waals surface area contributed by atoms with Crippen LogP contribution in [0.5, 0.6) is 0 Å². The van der Waals surface area contributed by atoms with E-state index in [-0.39, 0.29) is 5.92 Å². The number of ether oxygens (including phenoxy) is 1. The summed E-state index contributed by atoms with van der Waals surface area (Å²) in [6.45, 7) is 4.34. The van der Waals surface area contributed by atoms with Crippen molar-refractivity contribution in [1.29, 1.82) is 0 Å². The summed E-state index contributed by atoms with van der Waals surface area (Å²) < 4.78 is 4.89. The van der Waals surface area contributed by atoms with Gasteiger partial charge in [-0.25, -0.2) is 0 Å². The van der Waals surface area contributed by atoms with Gasteiger partial charge in [0.15, 0.2) is 0 Å². The zero-order valence-electron chi connectivity index (χ0n) is 7.33. The number of hydrogen-bond donors (Lipinski definition) is 1. The Balaban J connectivity index is 3.56. The molecule has 0 aromatic rings. The van der Waals surface area contributed by atoms with E-state index in [1.807, 2.05) is 6.92 Å². The Morgan fingerprint density at radius 1 is 1.55 bits per heavy atom. The molecule has 0 bridgehead atoms. The van der Waals surface area contributed by atoms with Gasteiger partial charge < -0.3 is 9.84 Å². The quantitative estimate of drug-likeness (QED) is 0.661. The van der Waals surface area contributed by atoms with Gasteiger partial charge in [0.2, 0.25) is 0 Å². The first-order valence-corrected chi connectivity index (χ1v) is 3.79. The molecule has 0 aliphatic rings. The third kappa shape index (κ3) is 4.79. The molecule has 0 saturated carbocycles. The molecule has 0 aliphatic carbocycles. The fourth-order valence-corrected chi connectivity index (χ4v) is 1.06. The second-order valence-electron chi connectivity index (χ2n) is 3.04. The lowest BCUT2D eigenvalue weighted by molar-refractivity contribution is -0.141. The van der Waals surface area contributed by atoms with Crippen LogP contribution in [0.4, 0.5) is 0 Å². The lowest BCUT2D eigenvalue weighted by atomic mass is 9.98. The van der Waals surface area contributed by atoms with Crippen LogP contribution in [0.2, 0.25) is 0 Å². The van der Waals surface area contributed by atoms with Gasteiger partial charge >= 0.3 is 5.97 Å². The molecule has 2 unspecified atom stereocenters. The molecule has 0 aliphatic heterocycles. The second-order valence-corrected chi connectivity index (χ2v) is 3.04. The fourth-order valence-electron chi connectivity index (χ4n) is 1.06. The number of hydrogen-bond acceptors (Lipinski definition) is 2. The van der Waals surface area contributed by atoms with Gasteiger partial charge in [-0.3, -0.25) is 4.79 Å². The maximum Gasteiger partial charge on any atom is 0.306 e. The van der Waals surface area contributed by atoms with Crippen molar-refractivity contribution in [2.24, 2.45) is 11.8 Å². The smallest absolute Gasteiger partial charge is 0.306 e. The van der Waals surface area contributed by atoms with Gasteiger partial charge in [-0.2, -0.15) is 0 Å². The highest BCUT2D eigenvalue weighted by atomic mass is 16.5. The van der Waals surface area contributed by atoms with Gasteiger partial charge in [0, 0.05) is 13.7 Å². The van der Waals surface area contributed by atoms with Crippen LogP contribution in [-0.2, 0) is 9.53 Å². The van der Waals surface area contributed by atoms with Crippen molar-refractivity contribution < 1.29 is 14.6 Å². The Labute approximate surface area is 67.4 Å². The molecular formula is C8H16O3. The molecule has 1 N–H and O–H groups in total. The summed E-state index contributed by atoms with van der Waals surface area (Å²) in [4.78, 5) is 10.4. The molecule has 3 heteroatoms. The molecule has 0 rings (SSSR count). The first-order chi connectivity index (χ1) is 5.07. The Morgan fingerprint density at radius 2 is 2.09 bits per heavy atom. The average molecular weight is 160 g/mol. The van der Waals surface area contributed by atoms with E-state index >= 15 is 0 Å². The summed E-state index contributed by atoms with van der Waals surface area (Å²) in [5, 5.41) is 8.56. The Hall–Kier alpha value is -0.570. The number of methoxy groups -OCH3 is 1. The van der Waals surface area contributed by atoms with Gasteiger partial charge in [0.1, 0.15) is 0 Å². The average Bonchev–Trinajstić information content (AvgIpc) is 1.87. The fraction of sp³-hybridized carbons (Fsp3) is 0.875. The van der Waals surface area contributed by atoms with Crippen molar-refractivity contribution in [3.63, 3.8) is 0 Å². The van der Waals surface area contributed by atoms with Gasteiger partial charge in [-0.15, -0.1) is 0 Å². The minimum atomic E-state index is -0.729. The van der Waals surface area contributed by atoms with E-state index in [9.17, 15) is 4.79 Å². The molecule has 0 saturated heterocycles. The van der Waals surface area contributed by atoms with Crippen molar-refractivity contribution in [3.05, 3.63) is 0 Å². The predicted octanol–water partition coefficient (Wildman–Crippen LogP) is 1.38. The molecule has 0 amide bonds. The molecule has 0 heterocycles. The lowest BCUT2D eigenvalue weighted by Gasteiger charge is -2.12. The molecule has 0 aromatic heterocycles. The Bertz CT molecular complexity index is 123. The van der Waals surface area contributed by atoms with Crippen LogP contribution in [-0.4, -0.2) is 24.8 Å². The van der Waals surface area contributed by atoms with Crippen molar-refractivity contribution >= 4 is 5.97 Å². The van der Waals surface area contributed by atoms with E-state index < -0.39 is 5.97 Å². The minimum absolute atomic E-state index is 0.264. The standard InChI is InChI=1S/C8H16O3/c1-6(5-11-3)4-7(2)8(9)10/h6-7H,4-5H2,1-3H3,(H,9,10). The Kier molecular flexibility index (Phi) is 4.86. The van der Waals surface area contributed by atoms with Crippen LogP contribution in [0.25, 0.3) is 0 Å². The van der Waals surface area contributed by atoms with Crippen molar-refractivity contribution in [3.8, 4) is 0 Å². The van der Waals surface area contributed by atoms with E-state index in [4.69, 9.17) is 9.84 Å². The van der Waals surface area contributed by atoms with E-state index in [2.05, 4.69) is 0 Å². The van der Waals surface area contributed by atoms with E-state index in [0.717, 1.165) is 0 Å². The van der Waals surface area contributed by atoms with E-state index in [1.54, 1.807) is 14.0 Å². The third-order valence-corrected chi connectivity index (χ3v) is 1.63. The van der Waals surface area contributed by atoms with E-state index in [1.165, 1.54) is 0 Å². The highest BCUT2D eigenvalue weighted by molar-refractivity contribution is 5.69. The van der Waals surface area contributed by atoms with Crippen LogP contribution >= 0.6 is 0 Å². The summed E-state index contributed by atoms with van der Waals surface area (Å²) >= 11 is 0. The normalized spacial score (nSPS) is 15.9. The zero-order chi connectivity index (χ0) is 8.85. The van der Waals surface area contributed by atoms with Gasteiger partial charge in [0.05, 0.1) is 5.92 Å². The molecule has 11 heavy (non-hydrogen) atoms. The van der Waals surface area contributed by atoms with Crippen LogP contribution in [0.15, 0.2) is 0 Å². The summed E-state index contributed by atoms with van der Waals surface area (Å²) in [5.41, 5.74) is 0. The van der Waals surface area contributed by atoms with Crippen molar-refractivity contribution in [1.82, 2.24) is 0 Å². The third-order valence-electron chi connectivity index (χ3n) is 1.63. The van der Waals surface area contributed by atoms with E-state index in [0.29, 0.717) is 18.9 Å². The number of carboxylic acid groups (broad SMARTS) is 1. The summed E-state index contributed by atoms with van der Waals surface area (Å²) in [5.74, 6) is -0.667. The largest absolute Gasteiger partial charge is 0.481 e. The van der Waals surface area contributed by atoms with Crippen LogP contribution < -0.4 is 0 Å². The maximum atomic E-state index is 10.4. The second kappa shape index (κ2) is 5.13. The molecule has 0 spiro atoms. The number of rotatable bonds is 5. The Morgan fingerprint density at radius 3 is 2.45 bits per heavy atom. The SMILES string of the molecule is COCC(C)CC(C)C(=O)O. The zero-order valence-corrected chi connectivity index (χ0v) is 7.33. The predicted molar refractivity (Wildman–Crippen MR) is 42.5 cm³/mol. The monoisotopic (exact) mass is 160 g/mol. The van der Waals surface area contributed by atoms with Gasteiger partial charge in [0.25, 0.3) is 0 Å². The van der Waals surface area contributed by atoms with Crippen LogP contribution in [0.3, 0.4) is 0 Å². The number of carbonyl (C=O) groups is 1. The van der Waals surface area contributed by atoms with Gasteiger partial charge in [-0.1, -0.05) is 13.8 Å². The highest BCUT2D eigenvalue weighted by Gasteiger charge is 2.14. The van der Waals surface area contributed by atoms with Crippen molar-refractivity contribution in [2.45, 2.75) is 20.3 Å². The molecule has 0 radical (unpaired) electrons. The lowest BCUT2D eigenvalue weighted by Crippen LogP contribution is -2.15. The maximum absolute atomic E-state index is 10.4. The molecule has 3 nitrogen and oxygen atoms in total. The topological polar surface area (TPSA) is 46.5 Å². The minimum Gasteiger partial charge on any atom is -0.481 e. The molecular weight excluding hydrogens is 144 g/mol. The number of carboxylic acids is 1. The summed E-state index contributed by atoms with van der Waals surface area (Å²) in [6, 6.07) is 0. The first-order valence-electron chi connectivity index (χ1n) is 3.79. The van der Waals surface area contributed by atoms with Crippen molar-refractivity contribution in [2.75, 3.05) is 13.7 Å². The van der Waals surface area contributed by atoms with Crippen LogP contribution in [0, 0.1) is 11.8 Å². The number of aliphatic carboxylic acids is 1. The first kappa shape index (κ1) is 10.4. The highest BCUT2D eigenvalue weighted by Crippen LogP contribution is 2.11. The van der Waals surface area contributed by atoms with Crippen LogP contribution in [0.1, 0.15) is 20.3 Å². The molecule has 0 fully saturated rings. The molecule has 66 valence electrons. The molecule has 0 aromatic carbocycles. The summed E-state index contributed by atoms with van der Waals surface area (Å²) in [7, 11) is 1.63. The summed E-state index contributed by atoms with van der Waals surface area (Å²) in [6.07, 6.45) is 0.684. The van der Waals surface area contributed by atoms with Gasteiger partial charge in [-0.05, 0) is 12.3 Å².